The first-order valence-corrected chi connectivity index (χ1v) is 6.13. The molecule has 1 aliphatic heterocycles. The Labute approximate surface area is 106 Å². The highest BCUT2D eigenvalue weighted by Crippen LogP contribution is 2.63. The van der Waals surface area contributed by atoms with Crippen molar-refractivity contribution in [3.8, 4) is 0 Å². The quantitative estimate of drug-likeness (QED) is 0.707. The van der Waals surface area contributed by atoms with E-state index in [0.29, 0.717) is 17.0 Å². The molecule has 18 heavy (non-hydrogen) atoms. The van der Waals surface area contributed by atoms with Gasteiger partial charge in [-0.05, 0) is 32.9 Å². The van der Waals surface area contributed by atoms with E-state index in [1.165, 1.54) is 0 Å². The summed E-state index contributed by atoms with van der Waals surface area (Å²) in [5, 5.41) is 4.07. The number of hydrogen-bond acceptors (Lipinski definition) is 4. The third-order valence-electron chi connectivity index (χ3n) is 4.78. The smallest absolute Gasteiger partial charge is 0.191 e. The SMILES string of the molecule is Cc1onc2c1C(=O)C=CC21OC(C)(C)C1(C)C. The van der Waals surface area contributed by atoms with E-state index in [9.17, 15) is 4.79 Å². The average molecular weight is 247 g/mol. The molecule has 3 rings (SSSR count). The number of carbonyl (C=O) groups excluding carboxylic acids is 1. The van der Waals surface area contributed by atoms with Crippen molar-refractivity contribution in [3.05, 3.63) is 29.2 Å². The van der Waals surface area contributed by atoms with E-state index < -0.39 is 5.60 Å². The largest absolute Gasteiger partial charge is 0.361 e. The molecule has 1 spiro atoms. The molecule has 1 unspecified atom stereocenters. The van der Waals surface area contributed by atoms with Crippen LogP contribution in [0.4, 0.5) is 0 Å². The molecule has 4 nitrogen and oxygen atoms in total. The van der Waals surface area contributed by atoms with Gasteiger partial charge in [0.25, 0.3) is 0 Å². The predicted molar refractivity (Wildman–Crippen MR) is 65.3 cm³/mol. The second kappa shape index (κ2) is 2.94. The molecule has 0 saturated carbocycles. The molecule has 0 aromatic carbocycles. The van der Waals surface area contributed by atoms with E-state index in [1.54, 1.807) is 13.0 Å². The number of nitrogens with zero attached hydrogens (tertiary/aromatic N) is 1. The van der Waals surface area contributed by atoms with Crippen molar-refractivity contribution in [1.82, 2.24) is 5.16 Å². The first-order valence-electron chi connectivity index (χ1n) is 6.13. The van der Waals surface area contributed by atoms with Crippen LogP contribution < -0.4 is 0 Å². The standard InChI is InChI=1S/C14H17NO3/c1-8-10-9(16)6-7-14(11(10)15-17-8)12(2,3)13(4,5)18-14/h6-7H,1-5H3. The van der Waals surface area contributed by atoms with E-state index in [4.69, 9.17) is 9.26 Å². The first-order chi connectivity index (χ1) is 8.23. The van der Waals surface area contributed by atoms with Gasteiger partial charge in [0, 0.05) is 5.41 Å². The maximum Gasteiger partial charge on any atom is 0.191 e. The van der Waals surface area contributed by atoms with E-state index in [1.807, 2.05) is 6.08 Å². The minimum atomic E-state index is -0.641. The molecule has 1 fully saturated rings. The van der Waals surface area contributed by atoms with Crippen molar-refractivity contribution < 1.29 is 14.1 Å². The average Bonchev–Trinajstić information content (AvgIpc) is 2.65. The van der Waals surface area contributed by atoms with Crippen LogP contribution in [0.1, 0.15) is 49.5 Å². The number of carbonyl (C=O) groups is 1. The maximum absolute atomic E-state index is 11.9. The molecule has 0 amide bonds. The molecule has 1 aromatic rings. The number of hydrogen-bond donors (Lipinski definition) is 0. The Balaban J connectivity index is 2.23. The lowest BCUT2D eigenvalue weighted by Gasteiger charge is -2.65. The number of aromatic nitrogens is 1. The zero-order valence-electron chi connectivity index (χ0n) is 11.3. The number of allylic oxidation sites excluding steroid dienone is 1. The summed E-state index contributed by atoms with van der Waals surface area (Å²) in [6.07, 6.45) is 3.40. The first kappa shape index (κ1) is 11.7. The fourth-order valence-corrected chi connectivity index (χ4v) is 2.92. The molecule has 1 aliphatic carbocycles. The Morgan fingerprint density at radius 2 is 1.89 bits per heavy atom. The summed E-state index contributed by atoms with van der Waals surface area (Å²) in [7, 11) is 0. The molecular weight excluding hydrogens is 230 g/mol. The van der Waals surface area contributed by atoms with Crippen molar-refractivity contribution in [2.24, 2.45) is 5.41 Å². The number of rotatable bonds is 0. The normalized spacial score (nSPS) is 31.3. The van der Waals surface area contributed by atoms with Crippen molar-refractivity contribution in [1.29, 1.82) is 0 Å². The molecule has 1 aromatic heterocycles. The van der Waals surface area contributed by atoms with Gasteiger partial charge < -0.3 is 9.26 Å². The lowest BCUT2D eigenvalue weighted by atomic mass is 9.56. The van der Waals surface area contributed by atoms with Gasteiger partial charge in [0.05, 0.1) is 11.2 Å². The molecule has 2 aliphatic rings. The molecule has 1 saturated heterocycles. The number of fused-ring (bicyclic) bond motifs is 2. The van der Waals surface area contributed by atoms with Crippen LogP contribution in [0.5, 0.6) is 0 Å². The zero-order chi connectivity index (χ0) is 13.3. The Bertz CT molecular complexity index is 580. The fraction of sp³-hybridized carbons (Fsp3) is 0.571. The number of ketones is 1. The molecular formula is C14H17NO3. The molecule has 1 atom stereocenters. The predicted octanol–water partition coefficient (Wildman–Crippen LogP) is 2.77. The number of ether oxygens (including phenoxy) is 1. The van der Waals surface area contributed by atoms with Crippen LogP contribution in [0.3, 0.4) is 0 Å². The van der Waals surface area contributed by atoms with E-state index >= 15 is 0 Å². The topological polar surface area (TPSA) is 52.3 Å². The van der Waals surface area contributed by atoms with Crippen molar-refractivity contribution >= 4 is 5.78 Å². The highest BCUT2D eigenvalue weighted by Gasteiger charge is 2.69. The van der Waals surface area contributed by atoms with Gasteiger partial charge in [0.15, 0.2) is 5.78 Å². The van der Waals surface area contributed by atoms with Crippen molar-refractivity contribution in [2.75, 3.05) is 0 Å². The summed E-state index contributed by atoms with van der Waals surface area (Å²) >= 11 is 0. The van der Waals surface area contributed by atoms with Crippen LogP contribution in [0.2, 0.25) is 0 Å². The summed E-state index contributed by atoms with van der Waals surface area (Å²) in [6, 6.07) is 0. The fourth-order valence-electron chi connectivity index (χ4n) is 2.92. The van der Waals surface area contributed by atoms with Crippen LogP contribution >= 0.6 is 0 Å². The van der Waals surface area contributed by atoms with E-state index in [2.05, 4.69) is 32.9 Å². The Hall–Kier alpha value is -1.42. The zero-order valence-corrected chi connectivity index (χ0v) is 11.3. The molecule has 4 heteroatoms. The summed E-state index contributed by atoms with van der Waals surface area (Å²) < 4.78 is 11.3. The summed E-state index contributed by atoms with van der Waals surface area (Å²) in [5.41, 5.74) is 0.118. The van der Waals surface area contributed by atoms with Crippen LogP contribution in [0.25, 0.3) is 0 Å². The van der Waals surface area contributed by atoms with Crippen LogP contribution in [0, 0.1) is 12.3 Å². The molecule has 0 radical (unpaired) electrons. The van der Waals surface area contributed by atoms with Crippen LogP contribution in [-0.4, -0.2) is 16.5 Å². The lowest BCUT2D eigenvalue weighted by Crippen LogP contribution is -2.69. The van der Waals surface area contributed by atoms with Crippen molar-refractivity contribution in [3.63, 3.8) is 0 Å². The summed E-state index contributed by atoms with van der Waals surface area (Å²) in [6.45, 7) is 10.1. The molecule has 0 N–H and O–H groups in total. The van der Waals surface area contributed by atoms with Gasteiger partial charge >= 0.3 is 0 Å². The summed E-state index contributed by atoms with van der Waals surface area (Å²) in [5.74, 6) is 0.501. The van der Waals surface area contributed by atoms with Gasteiger partial charge in [0.2, 0.25) is 0 Å². The highest BCUT2D eigenvalue weighted by atomic mass is 16.6. The summed E-state index contributed by atoms with van der Waals surface area (Å²) in [4.78, 5) is 11.9. The number of aryl methyl sites for hydroxylation is 1. The Morgan fingerprint density at radius 1 is 1.22 bits per heavy atom. The second-order valence-electron chi connectivity index (χ2n) is 6.13. The molecule has 0 bridgehead atoms. The van der Waals surface area contributed by atoms with Gasteiger partial charge in [-0.1, -0.05) is 19.0 Å². The van der Waals surface area contributed by atoms with E-state index in [-0.39, 0.29) is 16.8 Å². The lowest BCUT2D eigenvalue weighted by molar-refractivity contribution is -0.343. The van der Waals surface area contributed by atoms with Gasteiger partial charge in [-0.15, -0.1) is 0 Å². The maximum atomic E-state index is 11.9. The molecule has 96 valence electrons. The second-order valence-corrected chi connectivity index (χ2v) is 6.13. The molecule has 2 heterocycles. The van der Waals surface area contributed by atoms with Crippen molar-refractivity contribution in [2.45, 2.75) is 45.8 Å². The van der Waals surface area contributed by atoms with Crippen LogP contribution in [0.15, 0.2) is 16.7 Å². The van der Waals surface area contributed by atoms with Crippen LogP contribution in [-0.2, 0) is 10.3 Å². The third kappa shape index (κ3) is 1.01. The van der Waals surface area contributed by atoms with Gasteiger partial charge in [-0.3, -0.25) is 4.79 Å². The monoisotopic (exact) mass is 247 g/mol. The minimum absolute atomic E-state index is 0.0570. The van der Waals surface area contributed by atoms with Gasteiger partial charge in [-0.2, -0.15) is 0 Å². The van der Waals surface area contributed by atoms with Gasteiger partial charge in [0.1, 0.15) is 17.1 Å². The Morgan fingerprint density at radius 3 is 2.44 bits per heavy atom. The highest BCUT2D eigenvalue weighted by molar-refractivity contribution is 6.07. The Kier molecular flexibility index (Phi) is 1.90. The van der Waals surface area contributed by atoms with E-state index in [0.717, 1.165) is 0 Å². The third-order valence-corrected chi connectivity index (χ3v) is 4.78. The van der Waals surface area contributed by atoms with Gasteiger partial charge in [-0.25, -0.2) is 0 Å². The minimum Gasteiger partial charge on any atom is -0.361 e.